The van der Waals surface area contributed by atoms with E-state index in [4.69, 9.17) is 10.9 Å². The van der Waals surface area contributed by atoms with Crippen molar-refractivity contribution in [1.82, 2.24) is 4.98 Å². The summed E-state index contributed by atoms with van der Waals surface area (Å²) in [4.78, 5) is 13.9. The molecule has 1 rings (SSSR count). The zero-order chi connectivity index (χ0) is 8.27. The number of halogens is 1. The monoisotopic (exact) mass is 189 g/mol. The molecule has 0 radical (unpaired) electrons. The van der Waals surface area contributed by atoms with Gasteiger partial charge in [-0.05, 0) is 12.1 Å². The van der Waals surface area contributed by atoms with E-state index in [9.17, 15) is 4.79 Å². The summed E-state index contributed by atoms with van der Waals surface area (Å²) in [5.74, 6) is 3.99. The van der Waals surface area contributed by atoms with Crippen molar-refractivity contribution < 1.29 is 9.90 Å². The molecule has 5 nitrogen and oxygen atoms in total. The molecule has 0 bridgehead atoms. The highest BCUT2D eigenvalue weighted by molar-refractivity contribution is 5.85. The Hall–Kier alpha value is -1.33. The minimum Gasteiger partial charge on any atom is -0.477 e. The van der Waals surface area contributed by atoms with E-state index < -0.39 is 5.97 Å². The second-order valence-corrected chi connectivity index (χ2v) is 1.88. The van der Waals surface area contributed by atoms with Crippen LogP contribution in [-0.4, -0.2) is 16.1 Å². The number of hydrogen-bond acceptors (Lipinski definition) is 4. The van der Waals surface area contributed by atoms with Crippen LogP contribution in [0.4, 0.5) is 5.69 Å². The number of nitrogens with zero attached hydrogens (tertiary/aromatic N) is 1. The average Bonchev–Trinajstić information content (AvgIpc) is 2.05. The minimum absolute atomic E-state index is 0. The molecule has 0 aliphatic heterocycles. The van der Waals surface area contributed by atoms with Gasteiger partial charge in [-0.1, -0.05) is 0 Å². The fourth-order valence-electron chi connectivity index (χ4n) is 0.606. The summed E-state index contributed by atoms with van der Waals surface area (Å²) in [5.41, 5.74) is 2.92. The Bertz CT molecular complexity index is 262. The van der Waals surface area contributed by atoms with Crippen LogP contribution >= 0.6 is 12.4 Å². The van der Waals surface area contributed by atoms with Gasteiger partial charge in [0.15, 0.2) is 0 Å². The molecule has 6 heteroatoms. The number of carbonyl (C=O) groups is 1. The zero-order valence-corrected chi connectivity index (χ0v) is 6.84. The van der Waals surface area contributed by atoms with Gasteiger partial charge in [0, 0.05) is 0 Å². The number of hydrogen-bond donors (Lipinski definition) is 3. The largest absolute Gasteiger partial charge is 0.477 e. The maximum atomic E-state index is 10.3. The number of aromatic nitrogens is 1. The molecule has 0 spiro atoms. The van der Waals surface area contributed by atoms with E-state index >= 15 is 0 Å². The average molecular weight is 190 g/mol. The Morgan fingerprint density at radius 1 is 1.58 bits per heavy atom. The number of hydrazine groups is 1. The van der Waals surface area contributed by atoms with Crippen molar-refractivity contribution >= 4 is 24.1 Å². The predicted octanol–water partition coefficient (Wildman–Crippen LogP) is 0.487. The van der Waals surface area contributed by atoms with E-state index in [1.807, 2.05) is 0 Å². The van der Waals surface area contributed by atoms with Gasteiger partial charge in [-0.15, -0.1) is 12.4 Å². The van der Waals surface area contributed by atoms with Crippen molar-refractivity contribution in [1.29, 1.82) is 0 Å². The summed E-state index contributed by atoms with van der Waals surface area (Å²) >= 11 is 0. The second kappa shape index (κ2) is 4.53. The summed E-state index contributed by atoms with van der Waals surface area (Å²) in [6, 6.07) is 2.91. The summed E-state index contributed by atoms with van der Waals surface area (Å²) < 4.78 is 0. The fourth-order valence-corrected chi connectivity index (χ4v) is 0.606. The maximum absolute atomic E-state index is 10.3. The lowest BCUT2D eigenvalue weighted by molar-refractivity contribution is 0.0690. The van der Waals surface area contributed by atoms with Crippen LogP contribution in [0.25, 0.3) is 0 Å². The van der Waals surface area contributed by atoms with Gasteiger partial charge in [0.1, 0.15) is 5.69 Å². The van der Waals surface area contributed by atoms with Crippen molar-refractivity contribution in [2.45, 2.75) is 0 Å². The van der Waals surface area contributed by atoms with Crippen LogP contribution in [0.3, 0.4) is 0 Å². The molecule has 12 heavy (non-hydrogen) atoms. The van der Waals surface area contributed by atoms with E-state index in [2.05, 4.69) is 10.4 Å². The molecule has 0 aliphatic carbocycles. The molecule has 1 heterocycles. The summed E-state index contributed by atoms with van der Waals surface area (Å²) in [6.45, 7) is 0. The van der Waals surface area contributed by atoms with Gasteiger partial charge in [-0.2, -0.15) is 0 Å². The number of nitrogen functional groups attached to an aromatic ring is 1. The predicted molar refractivity (Wildman–Crippen MR) is 46.3 cm³/mol. The molecule has 0 saturated carbocycles. The lowest BCUT2D eigenvalue weighted by Gasteiger charge is -1.97. The third kappa shape index (κ3) is 2.37. The quantitative estimate of drug-likeness (QED) is 0.466. The highest BCUT2D eigenvalue weighted by Gasteiger charge is 2.01. The minimum atomic E-state index is -1.05. The maximum Gasteiger partial charge on any atom is 0.354 e. The first-order valence-corrected chi connectivity index (χ1v) is 2.90. The van der Waals surface area contributed by atoms with Gasteiger partial charge in [-0.3, -0.25) is 5.84 Å². The van der Waals surface area contributed by atoms with Crippen LogP contribution in [0, 0.1) is 0 Å². The topological polar surface area (TPSA) is 88.2 Å². The first kappa shape index (κ1) is 10.7. The standard InChI is InChI=1S/C6H7N3O2.ClH/c7-9-4-1-2-5(6(10)11)8-3-4;/h1-3,9H,7H2,(H,10,11);1H. The van der Waals surface area contributed by atoms with Crippen molar-refractivity contribution in [3.63, 3.8) is 0 Å². The summed E-state index contributed by atoms with van der Waals surface area (Å²) in [7, 11) is 0. The molecule has 1 aromatic rings. The number of aromatic carboxylic acids is 1. The van der Waals surface area contributed by atoms with Crippen LogP contribution in [0.15, 0.2) is 18.3 Å². The fraction of sp³-hybridized carbons (Fsp3) is 0. The number of carboxylic acids is 1. The van der Waals surface area contributed by atoms with Crippen LogP contribution in [0.1, 0.15) is 10.5 Å². The highest BCUT2D eigenvalue weighted by atomic mass is 35.5. The molecular formula is C6H8ClN3O2. The number of anilines is 1. The molecule has 0 atom stereocenters. The first-order chi connectivity index (χ1) is 5.24. The third-order valence-electron chi connectivity index (χ3n) is 1.15. The zero-order valence-electron chi connectivity index (χ0n) is 6.02. The molecule has 1 aromatic heterocycles. The molecule has 0 fully saturated rings. The lowest BCUT2D eigenvalue weighted by Crippen LogP contribution is -2.08. The molecule has 0 unspecified atom stereocenters. The number of nitrogens with two attached hydrogens (primary N) is 1. The van der Waals surface area contributed by atoms with Crippen LogP contribution in [-0.2, 0) is 0 Å². The van der Waals surface area contributed by atoms with Gasteiger partial charge in [0.25, 0.3) is 0 Å². The molecule has 0 saturated heterocycles. The Balaban J connectivity index is 0.00000121. The Morgan fingerprint density at radius 2 is 2.25 bits per heavy atom. The molecule has 4 N–H and O–H groups in total. The van der Waals surface area contributed by atoms with E-state index in [1.165, 1.54) is 18.3 Å². The second-order valence-electron chi connectivity index (χ2n) is 1.88. The molecule has 0 amide bonds. The van der Waals surface area contributed by atoms with Crippen LogP contribution in [0.2, 0.25) is 0 Å². The Morgan fingerprint density at radius 3 is 2.58 bits per heavy atom. The van der Waals surface area contributed by atoms with E-state index in [0.29, 0.717) is 5.69 Å². The number of nitrogens with one attached hydrogen (secondary N) is 1. The Kier molecular flexibility index (Phi) is 4.03. The SMILES string of the molecule is Cl.NNc1ccc(C(=O)O)nc1. The van der Waals surface area contributed by atoms with Crippen molar-refractivity contribution in [2.75, 3.05) is 5.43 Å². The Labute approximate surface area is 75.0 Å². The van der Waals surface area contributed by atoms with Crippen molar-refractivity contribution in [3.05, 3.63) is 24.0 Å². The van der Waals surface area contributed by atoms with Crippen LogP contribution in [0.5, 0.6) is 0 Å². The summed E-state index contributed by atoms with van der Waals surface area (Å²) in [6.07, 6.45) is 1.35. The van der Waals surface area contributed by atoms with Crippen molar-refractivity contribution in [2.24, 2.45) is 5.84 Å². The number of rotatable bonds is 2. The third-order valence-corrected chi connectivity index (χ3v) is 1.15. The van der Waals surface area contributed by atoms with Gasteiger partial charge in [0.2, 0.25) is 0 Å². The van der Waals surface area contributed by atoms with E-state index in [-0.39, 0.29) is 18.1 Å². The number of carboxylic acid groups (broad SMARTS) is 1. The van der Waals surface area contributed by atoms with Gasteiger partial charge < -0.3 is 10.5 Å². The van der Waals surface area contributed by atoms with E-state index in [1.54, 1.807) is 0 Å². The summed E-state index contributed by atoms with van der Waals surface area (Å²) in [5, 5.41) is 8.43. The van der Waals surface area contributed by atoms with Gasteiger partial charge >= 0.3 is 5.97 Å². The first-order valence-electron chi connectivity index (χ1n) is 2.90. The molecular weight excluding hydrogens is 182 g/mol. The van der Waals surface area contributed by atoms with Gasteiger partial charge in [-0.25, -0.2) is 9.78 Å². The van der Waals surface area contributed by atoms with Gasteiger partial charge in [0.05, 0.1) is 11.9 Å². The molecule has 66 valence electrons. The van der Waals surface area contributed by atoms with E-state index in [0.717, 1.165) is 0 Å². The smallest absolute Gasteiger partial charge is 0.354 e. The number of pyridine rings is 1. The van der Waals surface area contributed by atoms with Crippen LogP contribution < -0.4 is 11.3 Å². The lowest BCUT2D eigenvalue weighted by atomic mass is 10.3. The van der Waals surface area contributed by atoms with Crippen molar-refractivity contribution in [3.8, 4) is 0 Å². The normalized spacial score (nSPS) is 8.42. The highest BCUT2D eigenvalue weighted by Crippen LogP contribution is 2.03. The molecule has 0 aliphatic rings. The molecule has 0 aromatic carbocycles.